The van der Waals surface area contributed by atoms with Crippen molar-refractivity contribution in [3.63, 3.8) is 0 Å². The fraction of sp³-hybridized carbons (Fsp3) is 0.722. The molecule has 4 heterocycles. The average Bonchev–Trinajstić information content (AvgIpc) is 3.21. The average molecular weight is 334 g/mol. The molecule has 5 heteroatoms. The Hall–Kier alpha value is -0.910. The molecule has 1 amide bonds. The second-order valence-electron chi connectivity index (χ2n) is 7.58. The van der Waals surface area contributed by atoms with Gasteiger partial charge in [-0.1, -0.05) is 0 Å². The second-order valence-corrected chi connectivity index (χ2v) is 8.85. The Bertz CT molecular complexity index is 581. The van der Waals surface area contributed by atoms with Crippen molar-refractivity contribution in [2.24, 2.45) is 11.3 Å². The highest BCUT2D eigenvalue weighted by molar-refractivity contribution is 7.16. The fourth-order valence-corrected chi connectivity index (χ4v) is 5.29. The molecule has 0 aromatic carbocycles. The lowest BCUT2D eigenvalue weighted by Gasteiger charge is -2.28. The van der Waals surface area contributed by atoms with E-state index in [1.165, 1.54) is 30.7 Å². The number of rotatable bonds is 3. The summed E-state index contributed by atoms with van der Waals surface area (Å²) >= 11 is 1.74. The van der Waals surface area contributed by atoms with Crippen molar-refractivity contribution in [1.82, 2.24) is 4.90 Å². The van der Waals surface area contributed by atoms with E-state index in [1.54, 1.807) is 11.3 Å². The van der Waals surface area contributed by atoms with Crippen LogP contribution in [0.4, 0.5) is 5.00 Å². The van der Waals surface area contributed by atoms with Gasteiger partial charge in [-0.2, -0.15) is 0 Å². The van der Waals surface area contributed by atoms with Crippen molar-refractivity contribution in [3.8, 4) is 0 Å². The van der Waals surface area contributed by atoms with Crippen LogP contribution in [-0.4, -0.2) is 50.2 Å². The van der Waals surface area contributed by atoms with Crippen LogP contribution >= 0.6 is 11.3 Å². The molecular formula is C18H26N2O2S. The van der Waals surface area contributed by atoms with Crippen molar-refractivity contribution >= 4 is 22.2 Å². The lowest BCUT2D eigenvalue weighted by atomic mass is 9.86. The molecular weight excluding hydrogens is 308 g/mol. The highest BCUT2D eigenvalue weighted by atomic mass is 32.1. The Morgan fingerprint density at radius 3 is 2.87 bits per heavy atom. The molecule has 3 aliphatic rings. The molecule has 126 valence electrons. The summed E-state index contributed by atoms with van der Waals surface area (Å²) in [5, 5.41) is 1.13. The van der Waals surface area contributed by atoms with E-state index in [2.05, 4.69) is 24.0 Å². The smallest absolute Gasteiger partial charge is 0.228 e. The maximum absolute atomic E-state index is 12.5. The molecule has 1 aromatic rings. The van der Waals surface area contributed by atoms with Gasteiger partial charge in [-0.25, -0.2) is 0 Å². The van der Waals surface area contributed by atoms with E-state index in [9.17, 15) is 4.79 Å². The molecule has 0 saturated carbocycles. The summed E-state index contributed by atoms with van der Waals surface area (Å²) in [5.41, 5.74) is 0.195. The molecule has 0 N–H and O–H groups in total. The van der Waals surface area contributed by atoms with Crippen LogP contribution in [0.5, 0.6) is 0 Å². The third kappa shape index (κ3) is 3.19. The number of likely N-dealkylation sites (tertiary alicyclic amines) is 1. The normalized spacial score (nSPS) is 30.0. The van der Waals surface area contributed by atoms with Crippen LogP contribution in [0.3, 0.4) is 0 Å². The Morgan fingerprint density at radius 1 is 1.30 bits per heavy atom. The first-order chi connectivity index (χ1) is 11.1. The molecule has 3 aliphatic heterocycles. The van der Waals surface area contributed by atoms with Crippen molar-refractivity contribution in [1.29, 1.82) is 0 Å². The summed E-state index contributed by atoms with van der Waals surface area (Å²) in [6.45, 7) is 8.31. The van der Waals surface area contributed by atoms with Crippen LogP contribution < -0.4 is 4.90 Å². The Kier molecular flexibility index (Phi) is 4.20. The molecule has 4 rings (SSSR count). The summed E-state index contributed by atoms with van der Waals surface area (Å²) in [6, 6.07) is 4.22. The highest BCUT2D eigenvalue weighted by Crippen LogP contribution is 2.43. The van der Waals surface area contributed by atoms with E-state index in [-0.39, 0.29) is 5.41 Å². The van der Waals surface area contributed by atoms with Gasteiger partial charge < -0.3 is 14.5 Å². The number of aryl methyl sites for hydroxylation is 1. The third-order valence-corrected chi connectivity index (χ3v) is 6.71. The number of carbonyl (C=O) groups is 1. The Labute approximate surface area is 142 Å². The molecule has 1 atom stereocenters. The molecule has 3 fully saturated rings. The minimum Gasteiger partial charge on any atom is -0.381 e. The van der Waals surface area contributed by atoms with Gasteiger partial charge in [-0.15, -0.1) is 11.3 Å². The Morgan fingerprint density at radius 2 is 2.13 bits per heavy atom. The lowest BCUT2D eigenvalue weighted by Crippen LogP contribution is -2.34. The van der Waals surface area contributed by atoms with E-state index in [0.29, 0.717) is 5.91 Å². The zero-order valence-corrected chi connectivity index (χ0v) is 14.7. The lowest BCUT2D eigenvalue weighted by molar-refractivity contribution is -0.117. The molecule has 0 unspecified atom stereocenters. The molecule has 4 nitrogen and oxygen atoms in total. The van der Waals surface area contributed by atoms with Gasteiger partial charge in [0, 0.05) is 49.6 Å². The van der Waals surface area contributed by atoms with Crippen molar-refractivity contribution < 1.29 is 9.53 Å². The van der Waals surface area contributed by atoms with Gasteiger partial charge in [0.25, 0.3) is 0 Å². The zero-order valence-electron chi connectivity index (χ0n) is 13.9. The van der Waals surface area contributed by atoms with Crippen molar-refractivity contribution in [3.05, 3.63) is 17.0 Å². The fourth-order valence-electron chi connectivity index (χ4n) is 4.41. The standard InChI is InChI=1S/C18H26N2O2S/c1-14-2-3-17(23-14)20-13-18(10-16(20)21)6-7-19(12-18)11-15-4-8-22-9-5-15/h2-3,15H,4-13H2,1H3/t18-/m0/s1. The second kappa shape index (κ2) is 6.19. The van der Waals surface area contributed by atoms with Gasteiger partial charge in [-0.05, 0) is 50.8 Å². The van der Waals surface area contributed by atoms with Crippen LogP contribution in [0.1, 0.15) is 30.6 Å². The molecule has 3 saturated heterocycles. The predicted octanol–water partition coefficient (Wildman–Crippen LogP) is 2.91. The topological polar surface area (TPSA) is 32.8 Å². The summed E-state index contributed by atoms with van der Waals surface area (Å²) in [7, 11) is 0. The first-order valence-electron chi connectivity index (χ1n) is 8.81. The van der Waals surface area contributed by atoms with Crippen molar-refractivity contribution in [2.45, 2.75) is 32.6 Å². The maximum Gasteiger partial charge on any atom is 0.228 e. The van der Waals surface area contributed by atoms with Crippen molar-refractivity contribution in [2.75, 3.05) is 44.3 Å². The van der Waals surface area contributed by atoms with E-state index in [4.69, 9.17) is 4.74 Å². The summed E-state index contributed by atoms with van der Waals surface area (Å²) in [6.07, 6.45) is 4.29. The zero-order chi connectivity index (χ0) is 15.9. The van der Waals surface area contributed by atoms with Gasteiger partial charge in [0.2, 0.25) is 5.91 Å². The largest absolute Gasteiger partial charge is 0.381 e. The number of anilines is 1. The molecule has 0 radical (unpaired) electrons. The van der Waals surface area contributed by atoms with E-state index >= 15 is 0 Å². The maximum atomic E-state index is 12.5. The van der Waals surface area contributed by atoms with Gasteiger partial charge in [0.05, 0.1) is 5.00 Å². The van der Waals surface area contributed by atoms with E-state index < -0.39 is 0 Å². The quantitative estimate of drug-likeness (QED) is 0.852. The number of thiophene rings is 1. The number of ether oxygens (including phenoxy) is 1. The summed E-state index contributed by atoms with van der Waals surface area (Å²) in [5.74, 6) is 1.10. The number of amides is 1. The minimum absolute atomic E-state index is 0.195. The van der Waals surface area contributed by atoms with Crippen LogP contribution in [0.25, 0.3) is 0 Å². The minimum atomic E-state index is 0.195. The predicted molar refractivity (Wildman–Crippen MR) is 93.1 cm³/mol. The SMILES string of the molecule is Cc1ccc(N2C[C@@]3(CCN(CC4CCOCC4)C3)CC2=O)s1. The van der Waals surface area contributed by atoms with E-state index in [1.807, 2.05) is 4.90 Å². The Balaban J connectivity index is 1.39. The van der Waals surface area contributed by atoms with E-state index in [0.717, 1.165) is 50.2 Å². The van der Waals surface area contributed by atoms with Gasteiger partial charge in [0.1, 0.15) is 0 Å². The molecule has 23 heavy (non-hydrogen) atoms. The summed E-state index contributed by atoms with van der Waals surface area (Å²) < 4.78 is 5.47. The molecule has 0 aliphatic carbocycles. The number of hydrogen-bond acceptors (Lipinski definition) is 4. The molecule has 1 aromatic heterocycles. The third-order valence-electron chi connectivity index (χ3n) is 5.69. The van der Waals surface area contributed by atoms with Crippen LogP contribution in [-0.2, 0) is 9.53 Å². The number of nitrogens with zero attached hydrogens (tertiary/aromatic N) is 2. The van der Waals surface area contributed by atoms with Gasteiger partial charge in [0.15, 0.2) is 0 Å². The summed E-state index contributed by atoms with van der Waals surface area (Å²) in [4.78, 5) is 18.5. The first-order valence-corrected chi connectivity index (χ1v) is 9.62. The van der Waals surface area contributed by atoms with Gasteiger partial charge in [-0.3, -0.25) is 4.79 Å². The number of carbonyl (C=O) groups excluding carboxylic acids is 1. The van der Waals surface area contributed by atoms with Crippen LogP contribution in [0.2, 0.25) is 0 Å². The first kappa shape index (κ1) is 15.6. The van der Waals surface area contributed by atoms with Crippen LogP contribution in [0, 0.1) is 18.3 Å². The monoisotopic (exact) mass is 334 g/mol. The number of hydrogen-bond donors (Lipinski definition) is 0. The molecule has 1 spiro atoms. The van der Waals surface area contributed by atoms with Crippen LogP contribution in [0.15, 0.2) is 12.1 Å². The van der Waals surface area contributed by atoms with Gasteiger partial charge >= 0.3 is 0 Å². The highest BCUT2D eigenvalue weighted by Gasteiger charge is 2.48. The molecule has 0 bridgehead atoms.